The molecule has 0 unspecified atom stereocenters. The predicted molar refractivity (Wildman–Crippen MR) is 59.7 cm³/mol. The van der Waals surface area contributed by atoms with Crippen molar-refractivity contribution in [2.45, 2.75) is 13.1 Å². The van der Waals surface area contributed by atoms with Gasteiger partial charge in [-0.15, -0.1) is 0 Å². The van der Waals surface area contributed by atoms with Gasteiger partial charge < -0.3 is 4.98 Å². The minimum absolute atomic E-state index is 0.0630. The van der Waals surface area contributed by atoms with Crippen LogP contribution >= 0.6 is 0 Å². The molecular formula is C12H12N2O. The summed E-state index contributed by atoms with van der Waals surface area (Å²) in [5, 5.41) is 1.18. The monoisotopic (exact) mass is 200 g/mol. The van der Waals surface area contributed by atoms with Crippen LogP contribution in [0.2, 0.25) is 0 Å². The van der Waals surface area contributed by atoms with Crippen molar-refractivity contribution < 1.29 is 0 Å². The third-order valence-electron chi connectivity index (χ3n) is 2.99. The maximum atomic E-state index is 11.8. The maximum absolute atomic E-state index is 11.8. The molecule has 2 aromatic rings. The highest BCUT2D eigenvalue weighted by molar-refractivity contribution is 5.83. The Morgan fingerprint density at radius 1 is 1.20 bits per heavy atom. The van der Waals surface area contributed by atoms with Gasteiger partial charge in [0.1, 0.15) is 0 Å². The van der Waals surface area contributed by atoms with E-state index in [2.05, 4.69) is 16.0 Å². The van der Waals surface area contributed by atoms with Crippen molar-refractivity contribution in [2.75, 3.05) is 7.05 Å². The zero-order chi connectivity index (χ0) is 10.4. The molecule has 15 heavy (non-hydrogen) atoms. The molecule has 1 N–H and O–H groups in total. The minimum Gasteiger partial charge on any atom is -0.322 e. The van der Waals surface area contributed by atoms with Gasteiger partial charge in [0.25, 0.3) is 5.56 Å². The molecule has 0 amide bonds. The highest BCUT2D eigenvalue weighted by atomic mass is 16.1. The van der Waals surface area contributed by atoms with E-state index in [1.165, 1.54) is 10.9 Å². The first kappa shape index (κ1) is 8.68. The fraction of sp³-hybridized carbons (Fsp3) is 0.250. The standard InChI is InChI=1S/C12H12N2O/c1-14-6-9-8-4-2-3-5-11(8)13-12(15)10(9)7-14/h2-5H,6-7H2,1H3,(H,13,15). The third kappa shape index (κ3) is 1.20. The first-order chi connectivity index (χ1) is 7.25. The average molecular weight is 200 g/mol. The highest BCUT2D eigenvalue weighted by Crippen LogP contribution is 2.25. The normalized spacial score (nSPS) is 15.8. The molecule has 0 bridgehead atoms. The number of pyridine rings is 1. The summed E-state index contributed by atoms with van der Waals surface area (Å²) < 4.78 is 0. The number of aromatic amines is 1. The molecule has 3 rings (SSSR count). The van der Waals surface area contributed by atoms with Crippen LogP contribution in [0.15, 0.2) is 29.1 Å². The van der Waals surface area contributed by atoms with Gasteiger partial charge in [0, 0.05) is 29.6 Å². The van der Waals surface area contributed by atoms with Crippen LogP contribution in [0.25, 0.3) is 10.9 Å². The molecular weight excluding hydrogens is 188 g/mol. The number of nitrogens with one attached hydrogen (secondary N) is 1. The lowest BCUT2D eigenvalue weighted by Crippen LogP contribution is -2.14. The lowest BCUT2D eigenvalue weighted by molar-refractivity contribution is 0.353. The van der Waals surface area contributed by atoms with Crippen LogP contribution in [0, 0.1) is 0 Å². The third-order valence-corrected chi connectivity index (χ3v) is 2.99. The maximum Gasteiger partial charge on any atom is 0.253 e. The van der Waals surface area contributed by atoms with Gasteiger partial charge in [0.05, 0.1) is 0 Å². The molecule has 0 fully saturated rings. The molecule has 0 saturated carbocycles. The summed E-state index contributed by atoms with van der Waals surface area (Å²) >= 11 is 0. The molecule has 3 heteroatoms. The van der Waals surface area contributed by atoms with Gasteiger partial charge in [0.2, 0.25) is 0 Å². The van der Waals surface area contributed by atoms with E-state index in [1.807, 2.05) is 25.2 Å². The summed E-state index contributed by atoms with van der Waals surface area (Å²) in [6.07, 6.45) is 0. The van der Waals surface area contributed by atoms with Crippen LogP contribution in [-0.4, -0.2) is 16.9 Å². The summed E-state index contributed by atoms with van der Waals surface area (Å²) in [6.45, 7) is 1.63. The molecule has 0 radical (unpaired) electrons. The van der Waals surface area contributed by atoms with Crippen LogP contribution < -0.4 is 5.56 Å². The summed E-state index contributed by atoms with van der Waals surface area (Å²) in [6, 6.07) is 7.99. The number of H-pyrrole nitrogens is 1. The Kier molecular flexibility index (Phi) is 1.70. The quantitative estimate of drug-likeness (QED) is 0.699. The van der Waals surface area contributed by atoms with Gasteiger partial charge >= 0.3 is 0 Å². The Balaban J connectivity index is 2.43. The topological polar surface area (TPSA) is 36.1 Å². The average Bonchev–Trinajstić information content (AvgIpc) is 2.61. The van der Waals surface area contributed by atoms with E-state index in [9.17, 15) is 4.79 Å². The number of hydrogen-bond donors (Lipinski definition) is 1. The van der Waals surface area contributed by atoms with Crippen LogP contribution in [0.3, 0.4) is 0 Å². The Bertz CT molecular complexity index is 586. The Hall–Kier alpha value is -1.61. The second kappa shape index (κ2) is 2.94. The molecule has 3 nitrogen and oxygen atoms in total. The van der Waals surface area contributed by atoms with Crippen molar-refractivity contribution in [3.8, 4) is 0 Å². The van der Waals surface area contributed by atoms with Crippen molar-refractivity contribution in [1.82, 2.24) is 9.88 Å². The summed E-state index contributed by atoms with van der Waals surface area (Å²) in [7, 11) is 2.04. The van der Waals surface area contributed by atoms with Gasteiger partial charge in [0.15, 0.2) is 0 Å². The first-order valence-electron chi connectivity index (χ1n) is 5.07. The molecule has 0 saturated heterocycles. The number of hydrogen-bond acceptors (Lipinski definition) is 2. The van der Waals surface area contributed by atoms with Crippen molar-refractivity contribution in [1.29, 1.82) is 0 Å². The summed E-state index contributed by atoms with van der Waals surface area (Å²) in [5.41, 5.74) is 3.12. The van der Waals surface area contributed by atoms with E-state index in [0.29, 0.717) is 0 Å². The van der Waals surface area contributed by atoms with E-state index in [4.69, 9.17) is 0 Å². The SMILES string of the molecule is CN1Cc2c(c3ccccc3[nH]c2=O)C1. The van der Waals surface area contributed by atoms with Crippen molar-refractivity contribution >= 4 is 10.9 Å². The lowest BCUT2D eigenvalue weighted by atomic mass is 10.1. The van der Waals surface area contributed by atoms with E-state index < -0.39 is 0 Å². The Morgan fingerprint density at radius 2 is 1.93 bits per heavy atom. The second-order valence-electron chi connectivity index (χ2n) is 4.13. The number of aromatic nitrogens is 1. The highest BCUT2D eigenvalue weighted by Gasteiger charge is 2.20. The van der Waals surface area contributed by atoms with E-state index in [0.717, 1.165) is 24.2 Å². The zero-order valence-corrected chi connectivity index (χ0v) is 8.58. The number of nitrogens with zero attached hydrogens (tertiary/aromatic N) is 1. The zero-order valence-electron chi connectivity index (χ0n) is 8.58. The van der Waals surface area contributed by atoms with Crippen molar-refractivity contribution in [2.24, 2.45) is 0 Å². The Morgan fingerprint density at radius 3 is 2.80 bits per heavy atom. The predicted octanol–water partition coefficient (Wildman–Crippen LogP) is 1.47. The molecule has 1 aromatic carbocycles. The molecule has 0 spiro atoms. The minimum atomic E-state index is 0.0630. The second-order valence-corrected chi connectivity index (χ2v) is 4.13. The molecule has 1 aliphatic heterocycles. The van der Waals surface area contributed by atoms with Gasteiger partial charge in [-0.05, 0) is 18.7 Å². The smallest absolute Gasteiger partial charge is 0.253 e. The van der Waals surface area contributed by atoms with E-state index in [-0.39, 0.29) is 5.56 Å². The lowest BCUT2D eigenvalue weighted by Gasteiger charge is -2.04. The molecule has 0 atom stereocenters. The fourth-order valence-corrected chi connectivity index (χ4v) is 2.30. The number of benzene rings is 1. The van der Waals surface area contributed by atoms with Crippen LogP contribution in [0.4, 0.5) is 0 Å². The molecule has 0 aliphatic carbocycles. The molecule has 1 aromatic heterocycles. The van der Waals surface area contributed by atoms with Gasteiger partial charge in [-0.25, -0.2) is 0 Å². The largest absolute Gasteiger partial charge is 0.322 e. The van der Waals surface area contributed by atoms with Crippen LogP contribution in [0.1, 0.15) is 11.1 Å². The first-order valence-corrected chi connectivity index (χ1v) is 5.07. The van der Waals surface area contributed by atoms with Crippen molar-refractivity contribution in [3.05, 3.63) is 45.7 Å². The summed E-state index contributed by atoms with van der Waals surface area (Å²) in [5.74, 6) is 0. The number of rotatable bonds is 0. The van der Waals surface area contributed by atoms with Gasteiger partial charge in [-0.1, -0.05) is 18.2 Å². The van der Waals surface area contributed by atoms with Crippen LogP contribution in [-0.2, 0) is 13.1 Å². The molecule has 76 valence electrons. The molecule has 2 heterocycles. The van der Waals surface area contributed by atoms with Crippen LogP contribution in [0.5, 0.6) is 0 Å². The number of fused-ring (bicyclic) bond motifs is 3. The van der Waals surface area contributed by atoms with Gasteiger partial charge in [-0.3, -0.25) is 9.69 Å². The Labute approximate surface area is 87.3 Å². The number of para-hydroxylation sites is 1. The van der Waals surface area contributed by atoms with Crippen molar-refractivity contribution in [3.63, 3.8) is 0 Å². The fourth-order valence-electron chi connectivity index (χ4n) is 2.30. The van der Waals surface area contributed by atoms with Gasteiger partial charge in [-0.2, -0.15) is 0 Å². The van der Waals surface area contributed by atoms with E-state index >= 15 is 0 Å². The molecule has 1 aliphatic rings. The summed E-state index contributed by atoms with van der Waals surface area (Å²) in [4.78, 5) is 16.9. The van der Waals surface area contributed by atoms with E-state index in [1.54, 1.807) is 0 Å².